The number of carbonyl (C=O) groups excluding carboxylic acids is 4. The van der Waals surface area contributed by atoms with Gasteiger partial charge in [0.25, 0.3) is 5.91 Å². The highest BCUT2D eigenvalue weighted by atomic mass is 16.6. The predicted octanol–water partition coefficient (Wildman–Crippen LogP) is 7.23. The summed E-state index contributed by atoms with van der Waals surface area (Å²) in [5.74, 6) is -4.72. The zero-order valence-electron chi connectivity index (χ0n) is 46.7. The molecule has 6 heterocycles. The SMILES string of the molecule is C/C1=C/C=C/[C@H](C)C[C@@H](C)[C@@H](OC(C)(C)O)[C@@H](C)[C@H](OC(=O)CC(=O)OCC2CCCN(C)C2)[C@H](C)C/C=C/C[C@@]2(C)Oc3c(C)c(O)c4c(O)c(c5c(c4c3C2=O)=NC2(CCN(CC(C)C)CC2)N=5)NC1=O.CO. The molecule has 414 valence electrons. The number of ketones is 1. The number of rotatable bonds is 9. The number of carbonyl (C=O) groups is 4. The van der Waals surface area contributed by atoms with E-state index in [2.05, 4.69) is 29.0 Å². The number of phenolic OH excluding ortho intramolecular Hbond substituents is 2. The smallest absolute Gasteiger partial charge is 0.317 e. The summed E-state index contributed by atoms with van der Waals surface area (Å²) in [6, 6.07) is 0. The molecular weight excluding hydrogens is 959 g/mol. The highest BCUT2D eigenvalue weighted by molar-refractivity contribution is 6.20. The highest BCUT2D eigenvalue weighted by Gasteiger charge is 2.48. The monoisotopic (exact) mass is 1040 g/mol. The number of allylic oxidation sites excluding steroid dienone is 4. The number of fused-ring (bicyclic) bond motifs is 13. The fourth-order valence-corrected chi connectivity index (χ4v) is 11.6. The first-order valence-corrected chi connectivity index (χ1v) is 27.0. The Hall–Kier alpha value is -5.20. The van der Waals surface area contributed by atoms with E-state index in [0.717, 1.165) is 52.7 Å². The van der Waals surface area contributed by atoms with Gasteiger partial charge in [-0.15, -0.1) is 0 Å². The van der Waals surface area contributed by atoms with E-state index in [4.69, 9.17) is 34.0 Å². The molecule has 0 radical (unpaired) electrons. The molecule has 1 amide bonds. The number of ether oxygens (including phenoxy) is 4. The molecule has 0 saturated carbocycles. The average molecular weight is 1040 g/mol. The summed E-state index contributed by atoms with van der Waals surface area (Å²) in [7, 11) is 3.04. The van der Waals surface area contributed by atoms with E-state index in [1.54, 1.807) is 46.8 Å². The number of hydrogen-bond donors (Lipinski definition) is 5. The van der Waals surface area contributed by atoms with Crippen LogP contribution < -0.4 is 20.8 Å². The topological polar surface area (TPSA) is 229 Å². The second-order valence-corrected chi connectivity index (χ2v) is 23.2. The number of phenols is 2. The fourth-order valence-electron chi connectivity index (χ4n) is 11.6. The van der Waals surface area contributed by atoms with Crippen molar-refractivity contribution in [2.24, 2.45) is 45.5 Å². The van der Waals surface area contributed by atoms with E-state index in [9.17, 15) is 29.7 Å². The van der Waals surface area contributed by atoms with Crippen molar-refractivity contribution < 1.29 is 58.6 Å². The Morgan fingerprint density at radius 3 is 2.28 bits per heavy atom. The van der Waals surface area contributed by atoms with Gasteiger partial charge in [0.05, 0.1) is 29.0 Å². The maximum absolute atomic E-state index is 15.0. The van der Waals surface area contributed by atoms with Gasteiger partial charge >= 0.3 is 11.9 Å². The Morgan fingerprint density at radius 2 is 1.63 bits per heavy atom. The van der Waals surface area contributed by atoms with E-state index in [0.29, 0.717) is 42.5 Å². The predicted molar refractivity (Wildman–Crippen MR) is 287 cm³/mol. The summed E-state index contributed by atoms with van der Waals surface area (Å²) >= 11 is 0. The normalized spacial score (nSPS) is 29.3. The number of amides is 1. The lowest BCUT2D eigenvalue weighted by atomic mass is 9.79. The van der Waals surface area contributed by atoms with Crippen molar-refractivity contribution in [1.82, 2.24) is 9.80 Å². The number of nitrogens with one attached hydrogen (secondary N) is 1. The number of anilines is 1. The van der Waals surface area contributed by atoms with Crippen LogP contribution in [0.15, 0.2) is 45.9 Å². The van der Waals surface area contributed by atoms with E-state index in [-0.39, 0.29) is 86.9 Å². The van der Waals surface area contributed by atoms with Gasteiger partial charge in [-0.2, -0.15) is 0 Å². The Kier molecular flexibility index (Phi) is 19.2. The number of benzene rings is 2. The molecular formula is C58H85N5O12. The van der Waals surface area contributed by atoms with E-state index < -0.39 is 65.2 Å². The summed E-state index contributed by atoms with van der Waals surface area (Å²) in [6.07, 6.45) is 11.5. The van der Waals surface area contributed by atoms with E-state index in [1.165, 1.54) is 0 Å². The largest absolute Gasteiger partial charge is 0.507 e. The zero-order chi connectivity index (χ0) is 55.3. The molecule has 0 aromatic heterocycles. The van der Waals surface area contributed by atoms with Gasteiger partial charge in [0.15, 0.2) is 22.8 Å². The van der Waals surface area contributed by atoms with Crippen molar-refractivity contribution in [2.75, 3.05) is 58.8 Å². The van der Waals surface area contributed by atoms with Gasteiger partial charge in [-0.25, -0.2) is 0 Å². The van der Waals surface area contributed by atoms with Crippen LogP contribution in [0, 0.1) is 42.4 Å². The first kappa shape index (κ1) is 59.1. The van der Waals surface area contributed by atoms with Gasteiger partial charge in [-0.05, 0) is 97.6 Å². The van der Waals surface area contributed by atoms with Crippen molar-refractivity contribution in [3.05, 3.63) is 57.8 Å². The Morgan fingerprint density at radius 1 is 0.947 bits per heavy atom. The molecule has 5 N–H and O–H groups in total. The molecule has 6 aliphatic rings. The molecule has 1 unspecified atom stereocenters. The third-order valence-electron chi connectivity index (χ3n) is 15.4. The van der Waals surface area contributed by atoms with Crippen LogP contribution in [0.2, 0.25) is 0 Å². The molecule has 17 heteroatoms. The minimum absolute atomic E-state index is 0.00527. The molecule has 8 rings (SSSR count). The lowest BCUT2D eigenvalue weighted by Gasteiger charge is -2.40. The number of piperidine rings is 2. The maximum atomic E-state index is 15.0. The molecule has 6 aliphatic heterocycles. The fraction of sp³-hybridized carbons (Fsp3) is 0.655. The molecule has 17 nitrogen and oxygen atoms in total. The van der Waals surface area contributed by atoms with Crippen LogP contribution in [0.3, 0.4) is 0 Å². The van der Waals surface area contributed by atoms with E-state index in [1.807, 2.05) is 53.0 Å². The van der Waals surface area contributed by atoms with Crippen LogP contribution in [0.1, 0.15) is 137 Å². The summed E-state index contributed by atoms with van der Waals surface area (Å²) < 4.78 is 24.8. The zero-order valence-corrected chi connectivity index (χ0v) is 46.7. The maximum Gasteiger partial charge on any atom is 0.317 e. The number of aromatic hydroxyl groups is 2. The number of esters is 2. The Labute approximate surface area is 443 Å². The number of hydrogen-bond acceptors (Lipinski definition) is 16. The second kappa shape index (κ2) is 24.4. The van der Waals surface area contributed by atoms with Crippen LogP contribution in [0.5, 0.6) is 17.2 Å². The first-order chi connectivity index (χ1) is 35.3. The third-order valence-corrected chi connectivity index (χ3v) is 15.4. The van der Waals surface area contributed by atoms with Crippen LogP contribution in [0.4, 0.5) is 5.69 Å². The van der Waals surface area contributed by atoms with Crippen LogP contribution >= 0.6 is 0 Å². The first-order valence-electron chi connectivity index (χ1n) is 27.0. The van der Waals surface area contributed by atoms with E-state index >= 15 is 4.79 Å². The minimum atomic E-state index is -1.54. The standard InChI is InChI=1S/C57H81N5O11.CH4O/c1-32(2)29-62-25-22-57(23-26-62)59-45-42-43-48(65)37(7)52-44(42)53(67)56(11,73-52)21-14-13-18-34(4)50(71-41(64)28-40(63)70-31-39-20-16-24-61(12)30-39)38(8)51(72-55(9,10)69)36(6)27-33(3)17-15-19-35(5)54(68)58-47(49(43)66)46(45)60-57;1-2/h13-15,17,19,32-34,36,38-39,50-51,65-66,69H,16,18,20-31H2,1-12H3,(H,58,68);2H,1H3/b14-13+,17-15+,35-19-;/t33-,34+,36+,38-,39?,50+,51+,56+;/m0./s1. The van der Waals surface area contributed by atoms with Gasteiger partial charge in [0.1, 0.15) is 35.1 Å². The van der Waals surface area contributed by atoms with Crippen molar-refractivity contribution in [3.8, 4) is 17.2 Å². The number of likely N-dealkylation sites (tertiary alicyclic amines) is 2. The molecule has 0 aliphatic carbocycles. The summed E-state index contributed by atoms with van der Waals surface area (Å²) in [5.41, 5.74) is -1.60. The van der Waals surface area contributed by atoms with Gasteiger partial charge in [0.2, 0.25) is 5.78 Å². The van der Waals surface area contributed by atoms with Gasteiger partial charge in [-0.3, -0.25) is 29.2 Å². The summed E-state index contributed by atoms with van der Waals surface area (Å²) in [4.78, 5) is 71.0. The molecule has 2 saturated heterocycles. The molecule has 8 atom stereocenters. The molecule has 5 bridgehead atoms. The molecule has 75 heavy (non-hydrogen) atoms. The number of aliphatic hydroxyl groups is 2. The Balaban J connectivity index is 0.00000452. The summed E-state index contributed by atoms with van der Waals surface area (Å²) in [6.45, 7) is 24.8. The average Bonchev–Trinajstić information content (AvgIpc) is 3.84. The molecule has 2 aromatic rings. The summed E-state index contributed by atoms with van der Waals surface area (Å²) in [5, 5.41) is 46.0. The molecule has 2 fully saturated rings. The van der Waals surface area contributed by atoms with Crippen molar-refractivity contribution >= 4 is 40.1 Å². The van der Waals surface area contributed by atoms with Crippen molar-refractivity contribution in [2.45, 2.75) is 157 Å². The lowest BCUT2D eigenvalue weighted by molar-refractivity contribution is -0.237. The number of Topliss-reactive ketones (excluding diaryl/α,β-unsaturated/α-hetero) is 1. The van der Waals surface area contributed by atoms with Crippen LogP contribution in [-0.4, -0.2) is 137 Å². The van der Waals surface area contributed by atoms with Crippen LogP contribution in [-0.2, 0) is 28.6 Å². The molecule has 1 spiro atoms. The third kappa shape index (κ3) is 13.7. The molecule has 2 aromatic carbocycles. The van der Waals surface area contributed by atoms with Gasteiger partial charge in [0, 0.05) is 80.9 Å². The van der Waals surface area contributed by atoms with Gasteiger partial charge in [-0.1, -0.05) is 71.9 Å². The number of aliphatic hydroxyl groups excluding tert-OH is 1. The van der Waals surface area contributed by atoms with Crippen LogP contribution in [0.25, 0.3) is 10.8 Å². The number of nitrogens with zero attached hydrogens (tertiary/aromatic N) is 4. The van der Waals surface area contributed by atoms with Gasteiger partial charge < -0.3 is 54.5 Å². The highest BCUT2D eigenvalue weighted by Crippen LogP contribution is 2.50. The second-order valence-electron chi connectivity index (χ2n) is 23.2. The van der Waals surface area contributed by atoms with Crippen molar-refractivity contribution in [3.63, 3.8) is 0 Å². The van der Waals surface area contributed by atoms with Crippen molar-refractivity contribution in [1.29, 1.82) is 0 Å². The minimum Gasteiger partial charge on any atom is -0.507 e. The quantitative estimate of drug-likeness (QED) is 0.0549. The lowest BCUT2D eigenvalue weighted by Crippen LogP contribution is -2.45. The Bertz CT molecular complexity index is 2660.